The Morgan fingerprint density at radius 2 is 1.83 bits per heavy atom. The van der Waals surface area contributed by atoms with Crippen LogP contribution >= 0.6 is 0 Å². The van der Waals surface area contributed by atoms with Crippen molar-refractivity contribution in [3.63, 3.8) is 0 Å². The second-order valence-corrected chi connectivity index (χ2v) is 6.19. The largest absolute Gasteiger partial charge is 0.448 e. The molecule has 1 heterocycles. The van der Waals surface area contributed by atoms with Crippen LogP contribution in [-0.2, 0) is 10.3 Å². The Labute approximate surface area is 141 Å². The van der Waals surface area contributed by atoms with Gasteiger partial charge in [0.15, 0.2) is 11.4 Å². The maximum atomic E-state index is 12.5. The number of hydrogen-bond acceptors (Lipinski definition) is 3. The van der Waals surface area contributed by atoms with E-state index in [2.05, 4.69) is 16.9 Å². The second kappa shape index (κ2) is 6.87. The van der Waals surface area contributed by atoms with Gasteiger partial charge in [0, 0.05) is 0 Å². The predicted octanol–water partition coefficient (Wildman–Crippen LogP) is 4.83. The predicted molar refractivity (Wildman–Crippen MR) is 94.8 cm³/mol. The quantitative estimate of drug-likeness (QED) is 0.662. The van der Waals surface area contributed by atoms with E-state index < -0.39 is 5.60 Å². The second-order valence-electron chi connectivity index (χ2n) is 6.19. The molecule has 1 aromatic heterocycles. The third kappa shape index (κ3) is 3.32. The molecule has 0 aliphatic rings. The van der Waals surface area contributed by atoms with Gasteiger partial charge in [-0.15, -0.1) is 0 Å². The molecule has 0 saturated heterocycles. The topological polar surface area (TPSA) is 55.0 Å². The molecule has 4 heteroatoms. The van der Waals surface area contributed by atoms with Gasteiger partial charge in [0.25, 0.3) is 0 Å². The van der Waals surface area contributed by atoms with Crippen LogP contribution in [0.4, 0.5) is 0 Å². The number of unbranched alkanes of at least 4 members (excludes halogenated alkanes) is 1. The maximum Gasteiger partial charge on any atom is 0.339 e. The Balaban J connectivity index is 1.93. The van der Waals surface area contributed by atoms with E-state index in [1.165, 1.54) is 0 Å². The van der Waals surface area contributed by atoms with Gasteiger partial charge in [0.1, 0.15) is 0 Å². The molecule has 0 fully saturated rings. The number of para-hydroxylation sites is 2. The number of hydrogen-bond donors (Lipinski definition) is 1. The lowest BCUT2D eigenvalue weighted by Gasteiger charge is -2.27. The summed E-state index contributed by atoms with van der Waals surface area (Å²) < 4.78 is 5.91. The monoisotopic (exact) mass is 322 g/mol. The van der Waals surface area contributed by atoms with Crippen LogP contribution < -0.4 is 0 Å². The molecule has 0 saturated carbocycles. The van der Waals surface area contributed by atoms with Gasteiger partial charge in [-0.2, -0.15) is 0 Å². The van der Waals surface area contributed by atoms with Crippen molar-refractivity contribution in [2.24, 2.45) is 0 Å². The van der Waals surface area contributed by atoms with Crippen LogP contribution in [0.2, 0.25) is 0 Å². The fourth-order valence-electron chi connectivity index (χ4n) is 2.77. The number of ether oxygens (including phenoxy) is 1. The first-order valence-corrected chi connectivity index (χ1v) is 8.36. The van der Waals surface area contributed by atoms with E-state index in [1.54, 1.807) is 12.1 Å². The molecule has 3 aromatic rings. The third-order valence-electron chi connectivity index (χ3n) is 4.23. The number of esters is 1. The van der Waals surface area contributed by atoms with E-state index in [9.17, 15) is 4.79 Å². The number of nitrogens with zero attached hydrogens (tertiary/aromatic N) is 1. The van der Waals surface area contributed by atoms with Gasteiger partial charge in [-0.3, -0.25) is 0 Å². The number of carbonyl (C=O) groups is 1. The Hall–Kier alpha value is -2.62. The summed E-state index contributed by atoms with van der Waals surface area (Å²) in [5.41, 5.74) is 1.61. The Morgan fingerprint density at radius 1 is 1.12 bits per heavy atom. The van der Waals surface area contributed by atoms with E-state index in [1.807, 2.05) is 49.4 Å². The average molecular weight is 322 g/mol. The van der Waals surface area contributed by atoms with E-state index in [0.717, 1.165) is 30.3 Å². The molecule has 2 aromatic carbocycles. The van der Waals surface area contributed by atoms with Gasteiger partial charge >= 0.3 is 5.97 Å². The Kier molecular flexibility index (Phi) is 4.65. The summed E-state index contributed by atoms with van der Waals surface area (Å²) in [5, 5.41) is 0. The van der Waals surface area contributed by atoms with Gasteiger partial charge in [-0.05, 0) is 44.0 Å². The first-order chi connectivity index (χ1) is 11.6. The van der Waals surface area contributed by atoms with Crippen LogP contribution in [0.1, 0.15) is 49.3 Å². The van der Waals surface area contributed by atoms with Crippen LogP contribution in [0.25, 0.3) is 11.0 Å². The highest BCUT2D eigenvalue weighted by Crippen LogP contribution is 2.31. The molecule has 124 valence electrons. The molecule has 0 aliphatic carbocycles. The van der Waals surface area contributed by atoms with E-state index in [0.29, 0.717) is 11.4 Å². The molecule has 4 nitrogen and oxygen atoms in total. The average Bonchev–Trinajstić information content (AvgIpc) is 3.06. The molecule has 0 amide bonds. The van der Waals surface area contributed by atoms with Crippen molar-refractivity contribution >= 4 is 17.0 Å². The zero-order chi connectivity index (χ0) is 17.0. The highest BCUT2D eigenvalue weighted by atomic mass is 16.6. The Morgan fingerprint density at radius 3 is 2.54 bits per heavy atom. The first-order valence-electron chi connectivity index (χ1n) is 8.36. The van der Waals surface area contributed by atoms with Crippen molar-refractivity contribution in [2.45, 2.75) is 38.7 Å². The molecule has 0 spiro atoms. The van der Waals surface area contributed by atoms with Gasteiger partial charge in [-0.25, -0.2) is 9.78 Å². The number of rotatable bonds is 6. The number of aromatic nitrogens is 2. The highest BCUT2D eigenvalue weighted by Gasteiger charge is 2.34. The van der Waals surface area contributed by atoms with Crippen molar-refractivity contribution in [1.82, 2.24) is 9.97 Å². The molecular weight excluding hydrogens is 300 g/mol. The molecule has 0 radical (unpaired) electrons. The normalized spacial score (nSPS) is 13.6. The van der Waals surface area contributed by atoms with Crippen LogP contribution in [0.3, 0.4) is 0 Å². The van der Waals surface area contributed by atoms with E-state index in [-0.39, 0.29) is 5.97 Å². The van der Waals surface area contributed by atoms with Crippen LogP contribution in [-0.4, -0.2) is 15.9 Å². The molecule has 0 aliphatic heterocycles. The SMILES string of the molecule is CCCCC(C)(OC(=O)c1ccccc1)c1nc2ccccc2[nH]1. The summed E-state index contributed by atoms with van der Waals surface area (Å²) in [6.07, 6.45) is 2.70. The Bertz CT molecular complexity index is 793. The molecule has 1 unspecified atom stereocenters. The number of imidazole rings is 1. The van der Waals surface area contributed by atoms with Gasteiger partial charge in [0.05, 0.1) is 16.6 Å². The fraction of sp³-hybridized carbons (Fsp3) is 0.300. The minimum atomic E-state index is -0.776. The third-order valence-corrected chi connectivity index (χ3v) is 4.23. The summed E-state index contributed by atoms with van der Waals surface area (Å²) in [6.45, 7) is 4.05. The minimum Gasteiger partial charge on any atom is -0.448 e. The zero-order valence-corrected chi connectivity index (χ0v) is 14.1. The summed E-state index contributed by atoms with van der Waals surface area (Å²) in [4.78, 5) is 20.5. The standard InChI is InChI=1S/C20H22N2O2/c1-3-4-14-20(2,24-18(23)15-10-6-5-7-11-15)19-21-16-12-8-9-13-17(16)22-19/h5-13H,3-4,14H2,1-2H3,(H,21,22). The fourth-order valence-corrected chi connectivity index (χ4v) is 2.77. The molecule has 1 N–H and O–H groups in total. The number of aromatic amines is 1. The van der Waals surface area contributed by atoms with Crippen LogP contribution in [0.15, 0.2) is 54.6 Å². The van der Waals surface area contributed by atoms with E-state index in [4.69, 9.17) is 4.74 Å². The lowest BCUT2D eigenvalue weighted by molar-refractivity contribution is -0.0213. The van der Waals surface area contributed by atoms with Gasteiger partial charge in [-0.1, -0.05) is 43.7 Å². The number of carbonyl (C=O) groups excluding carboxylic acids is 1. The number of fused-ring (bicyclic) bond motifs is 1. The summed E-state index contributed by atoms with van der Waals surface area (Å²) >= 11 is 0. The summed E-state index contributed by atoms with van der Waals surface area (Å²) in [5.74, 6) is 0.371. The minimum absolute atomic E-state index is 0.324. The zero-order valence-electron chi connectivity index (χ0n) is 14.1. The molecular formula is C20H22N2O2. The molecule has 0 bridgehead atoms. The van der Waals surface area contributed by atoms with Crippen molar-refractivity contribution in [1.29, 1.82) is 0 Å². The molecule has 24 heavy (non-hydrogen) atoms. The van der Waals surface area contributed by atoms with Crippen molar-refractivity contribution in [3.05, 3.63) is 66.0 Å². The maximum absolute atomic E-state index is 12.5. The van der Waals surface area contributed by atoms with Gasteiger partial charge in [0.2, 0.25) is 0 Å². The number of H-pyrrole nitrogens is 1. The van der Waals surface area contributed by atoms with Crippen molar-refractivity contribution in [2.75, 3.05) is 0 Å². The highest BCUT2D eigenvalue weighted by molar-refractivity contribution is 5.89. The van der Waals surface area contributed by atoms with Crippen LogP contribution in [0, 0.1) is 0 Å². The lowest BCUT2D eigenvalue weighted by atomic mass is 9.97. The number of benzene rings is 2. The molecule has 1 atom stereocenters. The van der Waals surface area contributed by atoms with Crippen molar-refractivity contribution in [3.8, 4) is 0 Å². The lowest BCUT2D eigenvalue weighted by Crippen LogP contribution is -2.30. The smallest absolute Gasteiger partial charge is 0.339 e. The van der Waals surface area contributed by atoms with Gasteiger partial charge < -0.3 is 9.72 Å². The van der Waals surface area contributed by atoms with E-state index >= 15 is 0 Å². The summed E-state index contributed by atoms with van der Waals surface area (Å²) in [7, 11) is 0. The molecule has 3 rings (SSSR count). The number of nitrogens with one attached hydrogen (secondary N) is 1. The summed E-state index contributed by atoms with van der Waals surface area (Å²) in [6, 6.07) is 16.9. The van der Waals surface area contributed by atoms with Crippen molar-refractivity contribution < 1.29 is 9.53 Å². The van der Waals surface area contributed by atoms with Crippen LogP contribution in [0.5, 0.6) is 0 Å². The first kappa shape index (κ1) is 16.2.